The maximum absolute atomic E-state index is 12.8. The molecule has 3 aromatic rings. The van der Waals surface area contributed by atoms with Gasteiger partial charge in [0.05, 0.1) is 0 Å². The molecule has 30 heavy (non-hydrogen) atoms. The third-order valence-electron chi connectivity index (χ3n) is 5.83. The molecule has 0 unspecified atom stereocenters. The van der Waals surface area contributed by atoms with E-state index in [1.165, 1.54) is 16.5 Å². The van der Waals surface area contributed by atoms with E-state index in [1.807, 2.05) is 12.1 Å². The molecule has 1 amide bonds. The van der Waals surface area contributed by atoms with Gasteiger partial charge in [-0.1, -0.05) is 44.0 Å². The average Bonchev–Trinajstić information content (AvgIpc) is 3.39. The van der Waals surface area contributed by atoms with Gasteiger partial charge in [0.2, 0.25) is 12.7 Å². The molecule has 0 saturated carbocycles. The van der Waals surface area contributed by atoms with E-state index >= 15 is 0 Å². The zero-order chi connectivity index (χ0) is 20.9. The van der Waals surface area contributed by atoms with Crippen LogP contribution in [0.1, 0.15) is 56.6 Å². The minimum absolute atomic E-state index is 0.0524. The first kappa shape index (κ1) is 20.3. The molecular formula is C25H30N2O3. The topological polar surface area (TPSA) is 52.5 Å². The molecule has 0 saturated heterocycles. The first-order valence-electron chi connectivity index (χ1n) is 10.9. The third kappa shape index (κ3) is 4.16. The lowest BCUT2D eigenvalue weighted by atomic mass is 9.87. The molecule has 1 aromatic heterocycles. The van der Waals surface area contributed by atoms with Crippen molar-refractivity contribution in [1.82, 2.24) is 9.88 Å². The van der Waals surface area contributed by atoms with Crippen LogP contribution in [-0.2, 0) is 11.3 Å². The van der Waals surface area contributed by atoms with Crippen LogP contribution in [0, 0.1) is 0 Å². The monoisotopic (exact) mass is 406 g/mol. The molecule has 2 aromatic carbocycles. The summed E-state index contributed by atoms with van der Waals surface area (Å²) in [6, 6.07) is 14.4. The second-order valence-corrected chi connectivity index (χ2v) is 7.81. The molecule has 0 bridgehead atoms. The fourth-order valence-corrected chi connectivity index (χ4v) is 4.21. The Labute approximate surface area is 178 Å². The van der Waals surface area contributed by atoms with E-state index in [0.717, 1.165) is 49.4 Å². The van der Waals surface area contributed by atoms with Crippen molar-refractivity contribution < 1.29 is 14.3 Å². The number of nitrogens with one attached hydrogen (secondary N) is 1. The van der Waals surface area contributed by atoms with Gasteiger partial charge in [0.25, 0.3) is 0 Å². The number of hydrogen-bond donors (Lipinski definition) is 1. The van der Waals surface area contributed by atoms with Crippen LogP contribution in [-0.4, -0.2) is 23.8 Å². The number of benzene rings is 2. The largest absolute Gasteiger partial charge is 0.454 e. The Bertz CT molecular complexity index is 1020. The molecule has 0 radical (unpaired) electrons. The van der Waals surface area contributed by atoms with Crippen LogP contribution in [0.5, 0.6) is 11.5 Å². The van der Waals surface area contributed by atoms with E-state index < -0.39 is 0 Å². The summed E-state index contributed by atoms with van der Waals surface area (Å²) in [5.74, 6) is 1.54. The Hall–Kier alpha value is -2.95. The van der Waals surface area contributed by atoms with E-state index in [4.69, 9.17) is 9.47 Å². The number of hydrogen-bond acceptors (Lipinski definition) is 3. The quantitative estimate of drug-likeness (QED) is 0.496. The Morgan fingerprint density at radius 1 is 1.10 bits per heavy atom. The van der Waals surface area contributed by atoms with Gasteiger partial charge < -0.3 is 19.4 Å². The molecule has 1 N–H and O–H groups in total. The van der Waals surface area contributed by atoms with Crippen molar-refractivity contribution in [2.24, 2.45) is 0 Å². The van der Waals surface area contributed by atoms with Gasteiger partial charge in [-0.15, -0.1) is 0 Å². The fraction of sp³-hybridized carbons (Fsp3) is 0.400. The number of unbranched alkanes of at least 4 members (excludes halogenated alkanes) is 2. The lowest BCUT2D eigenvalue weighted by molar-refractivity contribution is -0.121. The van der Waals surface area contributed by atoms with Gasteiger partial charge in [-0.2, -0.15) is 0 Å². The van der Waals surface area contributed by atoms with Crippen molar-refractivity contribution in [2.75, 3.05) is 13.3 Å². The van der Waals surface area contributed by atoms with Crippen LogP contribution >= 0.6 is 0 Å². The summed E-state index contributed by atoms with van der Waals surface area (Å²) in [6.45, 7) is 6.18. The summed E-state index contributed by atoms with van der Waals surface area (Å²) in [7, 11) is 0. The van der Waals surface area contributed by atoms with Gasteiger partial charge in [0, 0.05) is 42.5 Å². The predicted octanol–water partition coefficient (Wildman–Crippen LogP) is 5.22. The normalized spacial score (nSPS) is 13.5. The van der Waals surface area contributed by atoms with Crippen molar-refractivity contribution in [1.29, 1.82) is 0 Å². The number of aryl methyl sites for hydroxylation is 1. The molecule has 2 heterocycles. The van der Waals surface area contributed by atoms with Crippen molar-refractivity contribution in [3.8, 4) is 11.5 Å². The summed E-state index contributed by atoms with van der Waals surface area (Å²) in [5, 5.41) is 4.30. The Morgan fingerprint density at radius 2 is 1.93 bits per heavy atom. The molecular weight excluding hydrogens is 376 g/mol. The molecule has 4 rings (SSSR count). The number of ether oxygens (including phenoxy) is 2. The maximum atomic E-state index is 12.8. The van der Waals surface area contributed by atoms with Gasteiger partial charge in [0.1, 0.15) is 0 Å². The van der Waals surface area contributed by atoms with E-state index in [-0.39, 0.29) is 18.6 Å². The number of fused-ring (bicyclic) bond motifs is 2. The van der Waals surface area contributed by atoms with Gasteiger partial charge >= 0.3 is 0 Å². The second-order valence-electron chi connectivity index (χ2n) is 7.81. The first-order valence-corrected chi connectivity index (χ1v) is 10.9. The van der Waals surface area contributed by atoms with E-state index in [1.54, 1.807) is 0 Å². The number of carbonyl (C=O) groups is 1. The molecule has 1 aliphatic heterocycles. The lowest BCUT2D eigenvalue weighted by Crippen LogP contribution is -2.26. The Morgan fingerprint density at radius 3 is 2.77 bits per heavy atom. The predicted molar refractivity (Wildman–Crippen MR) is 119 cm³/mol. The minimum atomic E-state index is -0.0524. The van der Waals surface area contributed by atoms with Crippen LogP contribution in [0.4, 0.5) is 0 Å². The Kier molecular flexibility index (Phi) is 6.26. The standard InChI is InChI=1S/C25H30N2O3/c1-3-5-8-13-26-25(28)15-20(18-11-12-23-24(14-18)30-17-29-23)21-16-27(4-2)22-10-7-6-9-19(21)22/h6-7,9-12,14,16,20H,3-5,8,13,15,17H2,1-2H3,(H,26,28)/t20-/m0/s1. The number of amides is 1. The molecule has 0 fully saturated rings. The van der Waals surface area contributed by atoms with Gasteiger partial charge in [-0.3, -0.25) is 4.79 Å². The number of aromatic nitrogens is 1. The molecule has 0 spiro atoms. The van der Waals surface area contributed by atoms with Gasteiger partial charge in [-0.05, 0) is 42.7 Å². The fourth-order valence-electron chi connectivity index (χ4n) is 4.21. The molecule has 5 heteroatoms. The smallest absolute Gasteiger partial charge is 0.231 e. The highest BCUT2D eigenvalue weighted by Crippen LogP contribution is 2.40. The SMILES string of the molecule is CCCCCNC(=O)C[C@@H](c1ccc2c(c1)OCO2)c1cn(CC)c2ccccc12. The van der Waals surface area contributed by atoms with Crippen LogP contribution in [0.2, 0.25) is 0 Å². The first-order chi connectivity index (χ1) is 14.7. The molecule has 1 atom stereocenters. The highest BCUT2D eigenvalue weighted by molar-refractivity contribution is 5.86. The highest BCUT2D eigenvalue weighted by Gasteiger charge is 2.25. The average molecular weight is 407 g/mol. The van der Waals surface area contributed by atoms with E-state index in [2.05, 4.69) is 60.3 Å². The summed E-state index contributed by atoms with van der Waals surface area (Å²) in [5.41, 5.74) is 3.45. The summed E-state index contributed by atoms with van der Waals surface area (Å²) >= 11 is 0. The zero-order valence-electron chi connectivity index (χ0n) is 17.8. The third-order valence-corrected chi connectivity index (χ3v) is 5.83. The second kappa shape index (κ2) is 9.24. The number of carbonyl (C=O) groups excluding carboxylic acids is 1. The summed E-state index contributed by atoms with van der Waals surface area (Å²) in [6.07, 6.45) is 5.90. The van der Waals surface area contributed by atoms with Crippen molar-refractivity contribution >= 4 is 16.8 Å². The van der Waals surface area contributed by atoms with Crippen molar-refractivity contribution in [2.45, 2.75) is 52.0 Å². The van der Waals surface area contributed by atoms with E-state index in [9.17, 15) is 4.79 Å². The van der Waals surface area contributed by atoms with Crippen LogP contribution < -0.4 is 14.8 Å². The van der Waals surface area contributed by atoms with Crippen LogP contribution in [0.25, 0.3) is 10.9 Å². The lowest BCUT2D eigenvalue weighted by Gasteiger charge is -2.18. The zero-order valence-corrected chi connectivity index (χ0v) is 17.8. The van der Waals surface area contributed by atoms with Crippen LogP contribution in [0.3, 0.4) is 0 Å². The van der Waals surface area contributed by atoms with Gasteiger partial charge in [-0.25, -0.2) is 0 Å². The number of nitrogens with zero attached hydrogens (tertiary/aromatic N) is 1. The Balaban J connectivity index is 1.68. The van der Waals surface area contributed by atoms with Gasteiger partial charge in [0.15, 0.2) is 11.5 Å². The molecule has 5 nitrogen and oxygen atoms in total. The maximum Gasteiger partial charge on any atom is 0.231 e. The molecule has 0 aliphatic carbocycles. The van der Waals surface area contributed by atoms with Crippen LogP contribution in [0.15, 0.2) is 48.7 Å². The summed E-state index contributed by atoms with van der Waals surface area (Å²) in [4.78, 5) is 12.8. The highest BCUT2D eigenvalue weighted by atomic mass is 16.7. The minimum Gasteiger partial charge on any atom is -0.454 e. The number of rotatable bonds is 9. The summed E-state index contributed by atoms with van der Waals surface area (Å²) < 4.78 is 13.3. The van der Waals surface area contributed by atoms with E-state index in [0.29, 0.717) is 6.42 Å². The van der Waals surface area contributed by atoms with Crippen molar-refractivity contribution in [3.05, 3.63) is 59.8 Å². The molecule has 1 aliphatic rings. The molecule has 158 valence electrons. The number of para-hydroxylation sites is 1. The van der Waals surface area contributed by atoms with Crippen molar-refractivity contribution in [3.63, 3.8) is 0 Å².